The van der Waals surface area contributed by atoms with E-state index in [0.717, 1.165) is 11.1 Å². The fourth-order valence-corrected chi connectivity index (χ4v) is 3.81. The smallest absolute Gasteiger partial charge is 0.242 e. The van der Waals surface area contributed by atoms with Gasteiger partial charge < -0.3 is 5.73 Å². The molecular formula is C22H22Cl2N4O. The van der Waals surface area contributed by atoms with Crippen LogP contribution in [-0.2, 0) is 23.2 Å². The Labute approximate surface area is 180 Å². The van der Waals surface area contributed by atoms with E-state index < -0.39 is 11.4 Å². The number of benzene rings is 1. The van der Waals surface area contributed by atoms with Crippen LogP contribution in [0.1, 0.15) is 23.1 Å². The van der Waals surface area contributed by atoms with Crippen LogP contribution < -0.4 is 11.1 Å². The van der Waals surface area contributed by atoms with Crippen molar-refractivity contribution in [3.05, 3.63) is 94.0 Å². The zero-order chi connectivity index (χ0) is 20.7. The maximum atomic E-state index is 12.8. The zero-order valence-electron chi connectivity index (χ0n) is 15.8. The van der Waals surface area contributed by atoms with Gasteiger partial charge in [0.05, 0.1) is 10.0 Å². The molecule has 3 aromatic rings. The van der Waals surface area contributed by atoms with Crippen LogP contribution in [0, 0.1) is 0 Å². The average molecular weight is 429 g/mol. The van der Waals surface area contributed by atoms with Gasteiger partial charge in [0.15, 0.2) is 0 Å². The van der Waals surface area contributed by atoms with Crippen molar-refractivity contribution >= 4 is 29.1 Å². The van der Waals surface area contributed by atoms with Crippen LogP contribution in [0.4, 0.5) is 0 Å². The Kier molecular flexibility index (Phi) is 7.20. The van der Waals surface area contributed by atoms with Crippen LogP contribution in [0.2, 0.25) is 10.0 Å². The first-order valence-electron chi connectivity index (χ1n) is 9.30. The van der Waals surface area contributed by atoms with Crippen LogP contribution in [0.15, 0.2) is 67.3 Å². The molecule has 3 rings (SSSR count). The molecule has 0 saturated heterocycles. The van der Waals surface area contributed by atoms with Crippen LogP contribution in [0.25, 0.3) is 0 Å². The van der Waals surface area contributed by atoms with Gasteiger partial charge in [-0.05, 0) is 60.7 Å². The molecule has 1 atom stereocenters. The van der Waals surface area contributed by atoms with Crippen molar-refractivity contribution in [3.63, 3.8) is 0 Å². The highest BCUT2D eigenvalue weighted by Crippen LogP contribution is 2.36. The van der Waals surface area contributed by atoms with Gasteiger partial charge in [-0.15, -0.1) is 0 Å². The quantitative estimate of drug-likeness (QED) is 0.540. The molecule has 0 bridgehead atoms. The van der Waals surface area contributed by atoms with Gasteiger partial charge in [-0.2, -0.15) is 0 Å². The number of halogens is 2. The van der Waals surface area contributed by atoms with E-state index in [-0.39, 0.29) is 0 Å². The summed E-state index contributed by atoms with van der Waals surface area (Å²) < 4.78 is 0. The van der Waals surface area contributed by atoms with Crippen molar-refractivity contribution in [2.45, 2.75) is 24.8 Å². The van der Waals surface area contributed by atoms with Gasteiger partial charge in [0.1, 0.15) is 5.54 Å². The van der Waals surface area contributed by atoms with E-state index in [1.54, 1.807) is 43.0 Å². The highest BCUT2D eigenvalue weighted by atomic mass is 35.5. The standard InChI is InChI=1S/C22H22Cl2N4O/c23-19-3-1-2-18(20(19)24)22(21(25)29,10-4-16-5-11-26-12-6-16)28-15-9-17-7-13-27-14-8-17/h1-3,5-8,11-14,28H,4,9-10,15H2,(H2,25,29). The molecule has 2 aromatic heterocycles. The van der Waals surface area contributed by atoms with Gasteiger partial charge >= 0.3 is 0 Å². The highest BCUT2D eigenvalue weighted by molar-refractivity contribution is 6.42. The number of hydrogen-bond acceptors (Lipinski definition) is 4. The molecular weight excluding hydrogens is 407 g/mol. The van der Waals surface area contributed by atoms with E-state index in [1.165, 1.54) is 0 Å². The fraction of sp³-hybridized carbons (Fsp3) is 0.227. The van der Waals surface area contributed by atoms with Gasteiger partial charge in [-0.1, -0.05) is 35.3 Å². The lowest BCUT2D eigenvalue weighted by Gasteiger charge is -2.33. The molecule has 3 N–H and O–H groups in total. The predicted molar refractivity (Wildman–Crippen MR) is 116 cm³/mol. The zero-order valence-corrected chi connectivity index (χ0v) is 17.3. The van der Waals surface area contributed by atoms with Crippen molar-refractivity contribution in [2.75, 3.05) is 6.54 Å². The molecule has 0 saturated carbocycles. The Morgan fingerprint density at radius 2 is 1.52 bits per heavy atom. The summed E-state index contributed by atoms with van der Waals surface area (Å²) in [5, 5.41) is 4.10. The van der Waals surface area contributed by atoms with Crippen molar-refractivity contribution in [1.29, 1.82) is 0 Å². The second kappa shape index (κ2) is 9.83. The maximum absolute atomic E-state index is 12.8. The molecule has 0 radical (unpaired) electrons. The number of carbonyl (C=O) groups excluding carboxylic acids is 1. The minimum Gasteiger partial charge on any atom is -0.368 e. The largest absolute Gasteiger partial charge is 0.368 e. The Morgan fingerprint density at radius 3 is 2.10 bits per heavy atom. The van der Waals surface area contributed by atoms with Gasteiger partial charge in [-0.3, -0.25) is 20.1 Å². The van der Waals surface area contributed by atoms with Crippen molar-refractivity contribution in [3.8, 4) is 0 Å². The molecule has 1 unspecified atom stereocenters. The van der Waals surface area contributed by atoms with Crippen LogP contribution in [0.5, 0.6) is 0 Å². The molecule has 1 aromatic carbocycles. The number of nitrogens with two attached hydrogens (primary N) is 1. The van der Waals surface area contributed by atoms with E-state index in [4.69, 9.17) is 28.9 Å². The monoisotopic (exact) mass is 428 g/mol. The normalized spacial score (nSPS) is 13.0. The number of rotatable bonds is 9. The third-order valence-electron chi connectivity index (χ3n) is 4.96. The summed E-state index contributed by atoms with van der Waals surface area (Å²) in [5.74, 6) is -0.495. The fourth-order valence-electron chi connectivity index (χ4n) is 3.35. The lowest BCUT2D eigenvalue weighted by atomic mass is 9.83. The number of nitrogens with zero attached hydrogens (tertiary/aromatic N) is 2. The van der Waals surface area contributed by atoms with Crippen molar-refractivity contribution in [1.82, 2.24) is 15.3 Å². The topological polar surface area (TPSA) is 80.9 Å². The molecule has 0 fully saturated rings. The third kappa shape index (κ3) is 5.12. The summed E-state index contributed by atoms with van der Waals surface area (Å²) in [4.78, 5) is 20.9. The summed E-state index contributed by atoms with van der Waals surface area (Å²) in [6, 6.07) is 13.0. The van der Waals surface area contributed by atoms with Gasteiger partial charge in [0.2, 0.25) is 5.91 Å². The van der Waals surface area contributed by atoms with Crippen LogP contribution >= 0.6 is 23.2 Å². The molecule has 2 heterocycles. The first-order valence-corrected chi connectivity index (χ1v) is 10.1. The summed E-state index contributed by atoms with van der Waals surface area (Å²) in [7, 11) is 0. The number of carbonyl (C=O) groups is 1. The summed E-state index contributed by atoms with van der Waals surface area (Å²) >= 11 is 12.7. The minimum absolute atomic E-state index is 0.333. The average Bonchev–Trinajstić information content (AvgIpc) is 2.74. The van der Waals surface area contributed by atoms with Gasteiger partial charge in [0, 0.05) is 36.9 Å². The lowest BCUT2D eigenvalue weighted by molar-refractivity contribution is -0.125. The van der Waals surface area contributed by atoms with Crippen molar-refractivity contribution in [2.24, 2.45) is 5.73 Å². The molecule has 0 aliphatic heterocycles. The molecule has 0 aliphatic rings. The molecule has 7 heteroatoms. The number of pyridine rings is 2. The second-order valence-corrected chi connectivity index (χ2v) is 7.54. The summed E-state index contributed by atoms with van der Waals surface area (Å²) in [6.45, 7) is 0.534. The van der Waals surface area contributed by atoms with Crippen LogP contribution in [0.3, 0.4) is 0 Å². The van der Waals surface area contributed by atoms with E-state index in [2.05, 4.69) is 15.3 Å². The number of aryl methyl sites for hydroxylation is 1. The lowest BCUT2D eigenvalue weighted by Crippen LogP contribution is -2.53. The molecule has 1 amide bonds. The van der Waals surface area contributed by atoms with E-state index in [9.17, 15) is 4.79 Å². The van der Waals surface area contributed by atoms with E-state index in [0.29, 0.717) is 41.4 Å². The Morgan fingerprint density at radius 1 is 0.931 bits per heavy atom. The first kappa shape index (κ1) is 21.2. The van der Waals surface area contributed by atoms with Crippen LogP contribution in [-0.4, -0.2) is 22.4 Å². The molecule has 0 aliphatic carbocycles. The number of primary amides is 1. The Bertz CT molecular complexity index is 954. The number of hydrogen-bond donors (Lipinski definition) is 2. The summed E-state index contributed by atoms with van der Waals surface area (Å²) in [5.41, 5.74) is 7.54. The Balaban J connectivity index is 1.91. The first-order chi connectivity index (χ1) is 14.0. The molecule has 5 nitrogen and oxygen atoms in total. The Hall–Kier alpha value is -2.47. The number of aromatic nitrogens is 2. The second-order valence-electron chi connectivity index (χ2n) is 6.76. The van der Waals surface area contributed by atoms with Gasteiger partial charge in [-0.25, -0.2) is 0 Å². The third-order valence-corrected chi connectivity index (χ3v) is 5.78. The summed E-state index contributed by atoms with van der Waals surface area (Å²) in [6.07, 6.45) is 8.71. The molecule has 150 valence electrons. The number of amides is 1. The SMILES string of the molecule is NC(=O)C(CCc1ccncc1)(NCCc1ccncc1)c1cccc(Cl)c1Cl. The molecule has 29 heavy (non-hydrogen) atoms. The van der Waals surface area contributed by atoms with E-state index >= 15 is 0 Å². The predicted octanol–water partition coefficient (Wildman–Crippen LogP) is 3.93. The van der Waals surface area contributed by atoms with E-state index in [1.807, 2.05) is 24.3 Å². The molecule has 0 spiro atoms. The number of nitrogens with one attached hydrogen (secondary N) is 1. The minimum atomic E-state index is -1.15. The van der Waals surface area contributed by atoms with Gasteiger partial charge in [0.25, 0.3) is 0 Å². The highest BCUT2D eigenvalue weighted by Gasteiger charge is 2.39. The van der Waals surface area contributed by atoms with Crippen molar-refractivity contribution < 1.29 is 4.79 Å². The maximum Gasteiger partial charge on any atom is 0.242 e.